The van der Waals surface area contributed by atoms with E-state index in [4.69, 9.17) is 0 Å². The minimum absolute atomic E-state index is 0.265. The standard InChI is InChI=1S/C13H18N2O3S2/c1-2-12(16)14-10-11-6-7-13(19-11)20(17,18)15-8-4-3-5-9-15/h2,6-7H,1,3-5,8-10H2,(H,14,16). The summed E-state index contributed by atoms with van der Waals surface area (Å²) in [4.78, 5) is 11.9. The summed E-state index contributed by atoms with van der Waals surface area (Å²) in [5, 5.41) is 2.64. The number of nitrogens with zero attached hydrogens (tertiary/aromatic N) is 1. The molecule has 0 radical (unpaired) electrons. The van der Waals surface area contributed by atoms with Gasteiger partial charge >= 0.3 is 0 Å². The van der Waals surface area contributed by atoms with Crippen molar-refractivity contribution in [1.29, 1.82) is 0 Å². The molecule has 0 bridgehead atoms. The van der Waals surface area contributed by atoms with E-state index >= 15 is 0 Å². The van der Waals surface area contributed by atoms with Crippen molar-refractivity contribution in [2.45, 2.75) is 30.0 Å². The monoisotopic (exact) mass is 314 g/mol. The Kier molecular flexibility index (Phi) is 4.95. The van der Waals surface area contributed by atoms with Crippen molar-refractivity contribution in [2.24, 2.45) is 0 Å². The smallest absolute Gasteiger partial charge is 0.252 e. The molecule has 1 amide bonds. The third kappa shape index (κ3) is 3.47. The summed E-state index contributed by atoms with van der Waals surface area (Å²) < 4.78 is 26.8. The Morgan fingerprint density at radius 3 is 2.70 bits per heavy atom. The number of thiophene rings is 1. The first-order valence-corrected chi connectivity index (χ1v) is 8.79. The molecule has 1 aromatic rings. The van der Waals surface area contributed by atoms with Crippen molar-refractivity contribution in [3.63, 3.8) is 0 Å². The Hall–Kier alpha value is -1.18. The van der Waals surface area contributed by atoms with Gasteiger partial charge in [-0.05, 0) is 31.1 Å². The average molecular weight is 314 g/mol. The highest BCUT2D eigenvalue weighted by Crippen LogP contribution is 2.26. The van der Waals surface area contributed by atoms with Gasteiger partial charge in [-0.15, -0.1) is 11.3 Å². The number of carbonyl (C=O) groups excluding carboxylic acids is 1. The van der Waals surface area contributed by atoms with Crippen LogP contribution >= 0.6 is 11.3 Å². The summed E-state index contributed by atoms with van der Waals surface area (Å²) in [5.74, 6) is -0.265. The zero-order valence-electron chi connectivity index (χ0n) is 11.2. The maximum atomic E-state index is 12.4. The Morgan fingerprint density at radius 2 is 2.05 bits per heavy atom. The predicted molar refractivity (Wildman–Crippen MR) is 79.0 cm³/mol. The molecule has 1 aliphatic rings. The average Bonchev–Trinajstić information content (AvgIpc) is 2.95. The van der Waals surface area contributed by atoms with Crippen molar-refractivity contribution < 1.29 is 13.2 Å². The van der Waals surface area contributed by atoms with E-state index in [1.54, 1.807) is 16.4 Å². The van der Waals surface area contributed by atoms with Gasteiger partial charge in [-0.25, -0.2) is 8.42 Å². The van der Waals surface area contributed by atoms with E-state index in [0.717, 1.165) is 24.1 Å². The van der Waals surface area contributed by atoms with Gasteiger partial charge in [0.2, 0.25) is 5.91 Å². The minimum Gasteiger partial charge on any atom is -0.348 e. The van der Waals surface area contributed by atoms with Gasteiger partial charge in [0.1, 0.15) is 4.21 Å². The van der Waals surface area contributed by atoms with Gasteiger partial charge in [-0.3, -0.25) is 4.79 Å². The second-order valence-corrected chi connectivity index (χ2v) is 7.94. The normalized spacial score (nSPS) is 16.8. The molecule has 1 aromatic heterocycles. The largest absolute Gasteiger partial charge is 0.348 e. The Bertz CT molecular complexity index is 587. The van der Waals surface area contributed by atoms with Gasteiger partial charge in [-0.1, -0.05) is 13.0 Å². The van der Waals surface area contributed by atoms with Gasteiger partial charge in [0.15, 0.2) is 0 Å². The van der Waals surface area contributed by atoms with Crippen LogP contribution in [0.2, 0.25) is 0 Å². The predicted octanol–water partition coefficient (Wildman–Crippen LogP) is 1.72. The van der Waals surface area contributed by atoms with Crippen molar-refractivity contribution in [2.75, 3.05) is 13.1 Å². The molecular weight excluding hydrogens is 296 g/mol. The molecule has 0 unspecified atom stereocenters. The van der Waals surface area contributed by atoms with Crippen molar-refractivity contribution in [3.05, 3.63) is 29.7 Å². The van der Waals surface area contributed by atoms with Crippen LogP contribution in [0.15, 0.2) is 29.0 Å². The highest BCUT2D eigenvalue weighted by Gasteiger charge is 2.27. The first kappa shape index (κ1) is 15.2. The number of nitrogens with one attached hydrogen (secondary N) is 1. The maximum absolute atomic E-state index is 12.4. The number of piperidine rings is 1. The molecule has 110 valence electrons. The number of amides is 1. The molecule has 7 heteroatoms. The molecule has 1 N–H and O–H groups in total. The van der Waals surface area contributed by atoms with E-state index in [2.05, 4.69) is 11.9 Å². The highest BCUT2D eigenvalue weighted by molar-refractivity contribution is 7.91. The molecule has 0 spiro atoms. The Labute approximate surface area is 123 Å². The topological polar surface area (TPSA) is 66.5 Å². The minimum atomic E-state index is -3.37. The summed E-state index contributed by atoms with van der Waals surface area (Å²) >= 11 is 1.21. The van der Waals surface area contributed by atoms with Crippen LogP contribution in [0.4, 0.5) is 0 Å². The molecule has 1 saturated heterocycles. The van der Waals surface area contributed by atoms with Crippen LogP contribution in [0, 0.1) is 0 Å². The number of hydrogen-bond donors (Lipinski definition) is 1. The second kappa shape index (κ2) is 6.51. The summed E-state index contributed by atoms with van der Waals surface area (Å²) in [5.41, 5.74) is 0. The number of carbonyl (C=O) groups is 1. The Balaban J connectivity index is 2.07. The van der Waals surface area contributed by atoms with Crippen LogP contribution in [0.1, 0.15) is 24.1 Å². The van der Waals surface area contributed by atoms with Gasteiger partial charge in [0, 0.05) is 18.0 Å². The van der Waals surface area contributed by atoms with Crippen molar-refractivity contribution in [3.8, 4) is 0 Å². The summed E-state index contributed by atoms with van der Waals surface area (Å²) in [6.45, 7) is 4.89. The van der Waals surface area contributed by atoms with Crippen molar-refractivity contribution >= 4 is 27.3 Å². The molecule has 0 saturated carbocycles. The van der Waals surface area contributed by atoms with E-state index in [1.165, 1.54) is 17.4 Å². The maximum Gasteiger partial charge on any atom is 0.252 e. The van der Waals surface area contributed by atoms with Crippen molar-refractivity contribution in [1.82, 2.24) is 9.62 Å². The van der Waals surface area contributed by atoms with Crippen LogP contribution in [-0.4, -0.2) is 31.7 Å². The van der Waals surface area contributed by atoms with Gasteiger partial charge < -0.3 is 5.32 Å². The lowest BCUT2D eigenvalue weighted by atomic mass is 10.2. The van der Waals surface area contributed by atoms with Crippen LogP contribution in [-0.2, 0) is 21.4 Å². The summed E-state index contributed by atoms with van der Waals surface area (Å²) in [6.07, 6.45) is 4.13. The molecule has 0 aliphatic carbocycles. The second-order valence-electron chi connectivity index (χ2n) is 4.61. The molecule has 0 atom stereocenters. The fourth-order valence-corrected chi connectivity index (χ4v) is 5.04. The van der Waals surface area contributed by atoms with Crippen LogP contribution < -0.4 is 5.32 Å². The fraction of sp³-hybridized carbons (Fsp3) is 0.462. The third-order valence-electron chi connectivity index (χ3n) is 3.17. The van der Waals surface area contributed by atoms with E-state index in [0.29, 0.717) is 23.8 Å². The number of sulfonamides is 1. The number of rotatable bonds is 5. The van der Waals surface area contributed by atoms with Crippen LogP contribution in [0.5, 0.6) is 0 Å². The van der Waals surface area contributed by atoms with E-state index in [-0.39, 0.29) is 5.91 Å². The molecule has 2 heterocycles. The summed E-state index contributed by atoms with van der Waals surface area (Å²) in [6, 6.07) is 3.36. The van der Waals surface area contributed by atoms with E-state index in [1.807, 2.05) is 0 Å². The van der Waals surface area contributed by atoms with Crippen LogP contribution in [0.3, 0.4) is 0 Å². The lowest BCUT2D eigenvalue weighted by Gasteiger charge is -2.25. The molecule has 20 heavy (non-hydrogen) atoms. The van der Waals surface area contributed by atoms with E-state index in [9.17, 15) is 13.2 Å². The number of hydrogen-bond acceptors (Lipinski definition) is 4. The molecule has 1 fully saturated rings. The Morgan fingerprint density at radius 1 is 1.35 bits per heavy atom. The van der Waals surface area contributed by atoms with Crippen LogP contribution in [0.25, 0.3) is 0 Å². The van der Waals surface area contributed by atoms with Gasteiger partial charge in [0.25, 0.3) is 10.0 Å². The molecule has 1 aliphatic heterocycles. The highest BCUT2D eigenvalue weighted by atomic mass is 32.2. The zero-order chi connectivity index (χ0) is 14.6. The molecule has 5 nitrogen and oxygen atoms in total. The molecular formula is C13H18N2O3S2. The van der Waals surface area contributed by atoms with E-state index < -0.39 is 10.0 Å². The summed E-state index contributed by atoms with van der Waals surface area (Å²) in [7, 11) is -3.37. The SMILES string of the molecule is C=CC(=O)NCc1ccc(S(=O)(=O)N2CCCCC2)s1. The molecule has 0 aromatic carbocycles. The lowest BCUT2D eigenvalue weighted by Crippen LogP contribution is -2.35. The first-order valence-electron chi connectivity index (χ1n) is 6.53. The molecule has 2 rings (SSSR count). The fourth-order valence-electron chi connectivity index (χ4n) is 2.07. The van der Waals surface area contributed by atoms with Gasteiger partial charge in [-0.2, -0.15) is 4.31 Å². The first-order chi connectivity index (χ1) is 9.54. The van der Waals surface area contributed by atoms with Gasteiger partial charge in [0.05, 0.1) is 6.54 Å². The third-order valence-corrected chi connectivity index (χ3v) is 6.62. The quantitative estimate of drug-likeness (QED) is 0.842. The zero-order valence-corrected chi connectivity index (χ0v) is 12.8. The lowest BCUT2D eigenvalue weighted by molar-refractivity contribution is -0.116.